The average molecular weight is 163 g/mol. The van der Waals surface area contributed by atoms with Crippen LogP contribution in [0.2, 0.25) is 0 Å². The van der Waals surface area contributed by atoms with Crippen molar-refractivity contribution < 1.29 is 13.6 Å². The molecule has 0 radical (unpaired) electrons. The molecule has 0 amide bonds. The van der Waals surface area contributed by atoms with Gasteiger partial charge in [0.2, 0.25) is 0 Å². The number of halogens is 2. The van der Waals surface area contributed by atoms with Crippen molar-refractivity contribution in [2.45, 2.75) is 25.3 Å². The smallest absolute Gasteiger partial charge is 0.273 e. The van der Waals surface area contributed by atoms with E-state index in [9.17, 15) is 13.6 Å². The number of hydrogen-bond acceptors (Lipinski definition) is 2. The summed E-state index contributed by atoms with van der Waals surface area (Å²) in [6.07, 6.45) is 0.697. The minimum absolute atomic E-state index is 0.293. The first-order valence-electron chi connectivity index (χ1n) is 3.47. The van der Waals surface area contributed by atoms with E-state index >= 15 is 0 Å². The van der Waals surface area contributed by atoms with Gasteiger partial charge in [-0.05, 0) is 13.8 Å². The minimum atomic E-state index is -2.58. The fraction of sp³-hybridized carbons (Fsp3) is 0.857. The molecule has 1 heterocycles. The lowest BCUT2D eigenvalue weighted by molar-refractivity contribution is -0.165. The van der Waals surface area contributed by atoms with E-state index in [0.29, 0.717) is 6.29 Å². The number of carbonyl (C=O) groups excluding carboxylic acids is 1. The molecule has 0 aromatic carbocycles. The molecule has 1 aliphatic rings. The fourth-order valence-electron chi connectivity index (χ4n) is 0.994. The molecule has 1 rings (SSSR count). The lowest BCUT2D eigenvalue weighted by atomic mass is 9.98. The quantitative estimate of drug-likeness (QED) is 0.564. The molecule has 0 saturated carbocycles. The Balaban J connectivity index is 2.49. The van der Waals surface area contributed by atoms with Crippen LogP contribution >= 0.6 is 0 Å². The summed E-state index contributed by atoms with van der Waals surface area (Å²) in [5.41, 5.74) is -0.734. The number of hydrogen-bond donors (Lipinski definition) is 0. The third kappa shape index (κ3) is 1.56. The highest BCUT2D eigenvalue weighted by molar-refractivity contribution is 5.63. The van der Waals surface area contributed by atoms with E-state index in [0.717, 1.165) is 0 Å². The van der Waals surface area contributed by atoms with Crippen molar-refractivity contribution in [1.82, 2.24) is 4.90 Å². The van der Waals surface area contributed by atoms with Crippen molar-refractivity contribution in [3.05, 3.63) is 0 Å². The van der Waals surface area contributed by atoms with E-state index in [1.807, 2.05) is 0 Å². The van der Waals surface area contributed by atoms with Gasteiger partial charge in [0.1, 0.15) is 6.29 Å². The first-order chi connectivity index (χ1) is 4.87. The predicted octanol–water partition coefficient (Wildman–Crippen LogP) is 0.915. The van der Waals surface area contributed by atoms with Gasteiger partial charge >= 0.3 is 0 Å². The first kappa shape index (κ1) is 8.59. The maximum atomic E-state index is 12.3. The molecule has 0 unspecified atom stereocenters. The van der Waals surface area contributed by atoms with Crippen LogP contribution < -0.4 is 0 Å². The summed E-state index contributed by atoms with van der Waals surface area (Å²) in [6.45, 7) is 2.68. The zero-order valence-electron chi connectivity index (χ0n) is 6.60. The molecule has 1 saturated heterocycles. The number of aldehydes is 1. The third-order valence-electron chi connectivity index (χ3n) is 1.95. The second-order valence-electron chi connectivity index (χ2n) is 3.48. The Kier molecular flexibility index (Phi) is 1.75. The van der Waals surface area contributed by atoms with Crippen LogP contribution in [0.1, 0.15) is 13.8 Å². The largest absolute Gasteiger partial charge is 0.301 e. The van der Waals surface area contributed by atoms with Crippen LogP contribution in [-0.2, 0) is 4.79 Å². The number of carbonyl (C=O) groups is 1. The van der Waals surface area contributed by atoms with Crippen LogP contribution in [0.25, 0.3) is 0 Å². The Labute approximate surface area is 64.2 Å². The lowest BCUT2D eigenvalue weighted by Gasteiger charge is -2.45. The molecule has 1 aliphatic heterocycles. The van der Waals surface area contributed by atoms with Crippen LogP contribution in [0.15, 0.2) is 0 Å². The molecular formula is C7H11F2NO. The number of nitrogens with zero attached hydrogens (tertiary/aromatic N) is 1. The van der Waals surface area contributed by atoms with Gasteiger partial charge in [-0.3, -0.25) is 4.90 Å². The van der Waals surface area contributed by atoms with E-state index in [4.69, 9.17) is 0 Å². The van der Waals surface area contributed by atoms with Crippen molar-refractivity contribution in [1.29, 1.82) is 0 Å². The number of alkyl halides is 2. The molecule has 1 fully saturated rings. The zero-order chi connectivity index (χ0) is 8.70. The SMILES string of the molecule is CC(C)(C=O)N1CC(F)(F)C1. The Hall–Kier alpha value is -0.510. The number of rotatable bonds is 2. The highest BCUT2D eigenvalue weighted by Gasteiger charge is 2.49. The first-order valence-corrected chi connectivity index (χ1v) is 3.47. The molecule has 11 heavy (non-hydrogen) atoms. The molecule has 0 spiro atoms. The summed E-state index contributed by atoms with van der Waals surface area (Å²) in [5, 5.41) is 0. The highest BCUT2D eigenvalue weighted by atomic mass is 19.3. The van der Waals surface area contributed by atoms with Gasteiger partial charge in [-0.2, -0.15) is 0 Å². The molecule has 64 valence electrons. The molecular weight excluding hydrogens is 152 g/mol. The Morgan fingerprint density at radius 2 is 1.91 bits per heavy atom. The minimum Gasteiger partial charge on any atom is -0.301 e. The van der Waals surface area contributed by atoms with Gasteiger partial charge in [-0.25, -0.2) is 8.78 Å². The van der Waals surface area contributed by atoms with E-state index < -0.39 is 11.5 Å². The summed E-state index contributed by atoms with van der Waals surface area (Å²) in [5.74, 6) is -2.58. The second-order valence-corrected chi connectivity index (χ2v) is 3.48. The summed E-state index contributed by atoms with van der Waals surface area (Å²) < 4.78 is 24.6. The molecule has 0 aromatic heterocycles. The molecule has 0 aromatic rings. The van der Waals surface area contributed by atoms with Crippen molar-refractivity contribution in [3.63, 3.8) is 0 Å². The van der Waals surface area contributed by atoms with E-state index in [1.165, 1.54) is 4.90 Å². The van der Waals surface area contributed by atoms with Crippen molar-refractivity contribution in [2.24, 2.45) is 0 Å². The topological polar surface area (TPSA) is 20.3 Å². The van der Waals surface area contributed by atoms with Gasteiger partial charge in [-0.1, -0.05) is 0 Å². The Morgan fingerprint density at radius 3 is 2.18 bits per heavy atom. The van der Waals surface area contributed by atoms with Crippen LogP contribution in [0.4, 0.5) is 8.78 Å². The van der Waals surface area contributed by atoms with Gasteiger partial charge in [0.05, 0.1) is 18.6 Å². The average Bonchev–Trinajstić information content (AvgIpc) is 1.83. The standard InChI is InChI=1S/C7H11F2NO/c1-6(2,5-11)10-3-7(8,9)4-10/h5H,3-4H2,1-2H3. The van der Waals surface area contributed by atoms with Crippen LogP contribution in [0.3, 0.4) is 0 Å². The van der Waals surface area contributed by atoms with Gasteiger partial charge in [0.25, 0.3) is 5.92 Å². The monoisotopic (exact) mass is 163 g/mol. The number of likely N-dealkylation sites (tertiary alicyclic amines) is 1. The Morgan fingerprint density at radius 1 is 1.45 bits per heavy atom. The van der Waals surface area contributed by atoms with Crippen molar-refractivity contribution in [3.8, 4) is 0 Å². The van der Waals surface area contributed by atoms with Gasteiger partial charge in [-0.15, -0.1) is 0 Å². The third-order valence-corrected chi connectivity index (χ3v) is 1.95. The van der Waals surface area contributed by atoms with Crippen LogP contribution in [0.5, 0.6) is 0 Å². The zero-order valence-corrected chi connectivity index (χ0v) is 6.60. The van der Waals surface area contributed by atoms with Crippen LogP contribution in [0, 0.1) is 0 Å². The molecule has 4 heteroatoms. The van der Waals surface area contributed by atoms with Crippen molar-refractivity contribution >= 4 is 6.29 Å². The molecule has 0 bridgehead atoms. The molecule has 0 atom stereocenters. The molecule has 0 N–H and O–H groups in total. The van der Waals surface area contributed by atoms with Gasteiger partial charge < -0.3 is 4.79 Å². The molecule has 2 nitrogen and oxygen atoms in total. The van der Waals surface area contributed by atoms with Gasteiger partial charge in [0.15, 0.2) is 0 Å². The summed E-state index contributed by atoms with van der Waals surface area (Å²) in [6, 6.07) is 0. The van der Waals surface area contributed by atoms with Crippen LogP contribution in [-0.4, -0.2) is 35.7 Å². The normalized spacial score (nSPS) is 24.4. The molecule has 0 aliphatic carbocycles. The lowest BCUT2D eigenvalue weighted by Crippen LogP contribution is -2.64. The van der Waals surface area contributed by atoms with E-state index in [1.54, 1.807) is 13.8 Å². The van der Waals surface area contributed by atoms with Gasteiger partial charge in [0, 0.05) is 0 Å². The fourth-order valence-corrected chi connectivity index (χ4v) is 0.994. The summed E-state index contributed by atoms with van der Waals surface area (Å²) in [4.78, 5) is 11.8. The summed E-state index contributed by atoms with van der Waals surface area (Å²) in [7, 11) is 0. The van der Waals surface area contributed by atoms with E-state index in [2.05, 4.69) is 0 Å². The second kappa shape index (κ2) is 2.24. The highest BCUT2D eigenvalue weighted by Crippen LogP contribution is 2.31. The summed E-state index contributed by atoms with van der Waals surface area (Å²) >= 11 is 0. The maximum Gasteiger partial charge on any atom is 0.273 e. The Bertz CT molecular complexity index is 171. The van der Waals surface area contributed by atoms with E-state index in [-0.39, 0.29) is 13.1 Å². The van der Waals surface area contributed by atoms with Crippen molar-refractivity contribution in [2.75, 3.05) is 13.1 Å². The maximum absolute atomic E-state index is 12.3. The predicted molar refractivity (Wildman–Crippen MR) is 36.7 cm³/mol.